The topological polar surface area (TPSA) is 38.8 Å². The second-order valence-electron chi connectivity index (χ2n) is 8.05. The summed E-state index contributed by atoms with van der Waals surface area (Å²) in [6, 6.07) is 0.326. The average molecular weight is 319 g/mol. The Hall–Kier alpha value is -1.07. The second-order valence-corrected chi connectivity index (χ2v) is 8.05. The Kier molecular flexibility index (Phi) is 4.85. The molecule has 0 saturated carbocycles. The maximum absolute atomic E-state index is 13.0. The van der Waals surface area contributed by atoms with E-state index in [0.29, 0.717) is 0 Å². The standard InChI is InChI=1S/C18H30BNO3/c1-12(2)20(13(3)4)16(21)14-10-9-11-15(14)19-22-17(5,6)18(7,8)23-19/h9-14H,1-8H3. The summed E-state index contributed by atoms with van der Waals surface area (Å²) in [7, 11) is -0.467. The molecule has 0 radical (unpaired) electrons. The molecule has 0 aromatic rings. The molecule has 2 rings (SSSR count). The summed E-state index contributed by atoms with van der Waals surface area (Å²) in [4.78, 5) is 15.0. The zero-order valence-electron chi connectivity index (χ0n) is 15.7. The lowest BCUT2D eigenvalue weighted by Crippen LogP contribution is -2.46. The molecule has 1 heterocycles. The van der Waals surface area contributed by atoms with E-state index in [1.807, 2.05) is 50.8 Å². The highest BCUT2D eigenvalue weighted by molar-refractivity contribution is 6.55. The molecule has 1 amide bonds. The third-order valence-corrected chi connectivity index (χ3v) is 5.11. The molecular formula is C18H30BNO3. The first-order valence-corrected chi connectivity index (χ1v) is 8.54. The second kappa shape index (κ2) is 6.10. The van der Waals surface area contributed by atoms with E-state index >= 15 is 0 Å². The van der Waals surface area contributed by atoms with Crippen molar-refractivity contribution in [1.82, 2.24) is 4.90 Å². The van der Waals surface area contributed by atoms with Crippen LogP contribution in [0.4, 0.5) is 0 Å². The quantitative estimate of drug-likeness (QED) is 0.746. The van der Waals surface area contributed by atoms with Crippen LogP contribution in [0.25, 0.3) is 0 Å². The maximum Gasteiger partial charge on any atom is 0.491 e. The normalized spacial score (nSPS) is 25.4. The van der Waals surface area contributed by atoms with Gasteiger partial charge in [0.2, 0.25) is 5.91 Å². The van der Waals surface area contributed by atoms with Gasteiger partial charge in [-0.2, -0.15) is 0 Å². The van der Waals surface area contributed by atoms with E-state index in [0.717, 1.165) is 5.47 Å². The molecule has 1 aliphatic heterocycles. The summed E-state index contributed by atoms with van der Waals surface area (Å²) in [6.07, 6.45) is 5.84. The van der Waals surface area contributed by atoms with E-state index < -0.39 is 18.3 Å². The minimum absolute atomic E-state index is 0.115. The van der Waals surface area contributed by atoms with Gasteiger partial charge in [-0.05, 0) is 60.9 Å². The van der Waals surface area contributed by atoms with E-state index in [1.54, 1.807) is 0 Å². The van der Waals surface area contributed by atoms with Crippen LogP contribution in [0.3, 0.4) is 0 Å². The van der Waals surface area contributed by atoms with Gasteiger partial charge in [-0.1, -0.05) is 18.2 Å². The summed E-state index contributed by atoms with van der Waals surface area (Å²) in [6.45, 7) is 16.3. The summed E-state index contributed by atoms with van der Waals surface area (Å²) in [5.74, 6) is -0.181. The largest absolute Gasteiger partial charge is 0.491 e. The average Bonchev–Trinajstić information content (AvgIpc) is 2.91. The summed E-state index contributed by atoms with van der Waals surface area (Å²) in [5.41, 5.74) is 0.106. The molecule has 0 aromatic carbocycles. The Morgan fingerprint density at radius 1 is 1.09 bits per heavy atom. The van der Waals surface area contributed by atoms with Crippen molar-refractivity contribution in [2.45, 2.75) is 78.7 Å². The molecule has 1 unspecified atom stereocenters. The molecule has 1 saturated heterocycles. The predicted molar refractivity (Wildman–Crippen MR) is 93.9 cm³/mol. The molecule has 23 heavy (non-hydrogen) atoms. The summed E-state index contributed by atoms with van der Waals surface area (Å²) >= 11 is 0. The number of hydrogen-bond donors (Lipinski definition) is 0. The number of carbonyl (C=O) groups excluding carboxylic acids is 1. The van der Waals surface area contributed by atoms with Gasteiger partial charge in [0.1, 0.15) is 0 Å². The summed E-state index contributed by atoms with van der Waals surface area (Å²) in [5, 5.41) is 0. The number of carbonyl (C=O) groups is 1. The van der Waals surface area contributed by atoms with Gasteiger partial charge in [-0.15, -0.1) is 0 Å². The third kappa shape index (κ3) is 3.27. The van der Waals surface area contributed by atoms with Crippen LogP contribution in [0.15, 0.2) is 23.7 Å². The highest BCUT2D eigenvalue weighted by Crippen LogP contribution is 2.41. The van der Waals surface area contributed by atoms with Crippen molar-refractivity contribution in [2.75, 3.05) is 0 Å². The van der Waals surface area contributed by atoms with Crippen molar-refractivity contribution in [3.8, 4) is 0 Å². The minimum Gasteiger partial charge on any atom is -0.400 e. The predicted octanol–water partition coefficient (Wildman–Crippen LogP) is 3.38. The van der Waals surface area contributed by atoms with Gasteiger partial charge in [0.15, 0.2) is 0 Å². The lowest BCUT2D eigenvalue weighted by atomic mass is 9.72. The molecule has 0 spiro atoms. The summed E-state index contributed by atoms with van der Waals surface area (Å²) < 4.78 is 12.3. The van der Waals surface area contributed by atoms with Gasteiger partial charge in [0.25, 0.3) is 0 Å². The monoisotopic (exact) mass is 319 g/mol. The van der Waals surface area contributed by atoms with Crippen molar-refractivity contribution in [3.63, 3.8) is 0 Å². The molecule has 0 bridgehead atoms. The first-order valence-electron chi connectivity index (χ1n) is 8.54. The van der Waals surface area contributed by atoms with Crippen LogP contribution in [-0.2, 0) is 14.1 Å². The first-order chi connectivity index (χ1) is 10.5. The zero-order valence-corrected chi connectivity index (χ0v) is 15.7. The molecule has 2 aliphatic rings. The van der Waals surface area contributed by atoms with Crippen molar-refractivity contribution >= 4 is 13.0 Å². The fraction of sp³-hybridized carbons (Fsp3) is 0.722. The fourth-order valence-electron chi connectivity index (χ4n) is 3.19. The molecule has 1 atom stereocenters. The van der Waals surface area contributed by atoms with Gasteiger partial charge in [0, 0.05) is 12.1 Å². The number of rotatable bonds is 4. The minimum atomic E-state index is -0.467. The highest BCUT2D eigenvalue weighted by atomic mass is 16.7. The third-order valence-electron chi connectivity index (χ3n) is 5.11. The van der Waals surface area contributed by atoms with Crippen LogP contribution in [0.5, 0.6) is 0 Å². The Labute approximate surface area is 141 Å². The van der Waals surface area contributed by atoms with E-state index in [1.165, 1.54) is 0 Å². The van der Waals surface area contributed by atoms with Crippen molar-refractivity contribution in [2.24, 2.45) is 5.92 Å². The van der Waals surface area contributed by atoms with Crippen molar-refractivity contribution in [3.05, 3.63) is 23.7 Å². The Morgan fingerprint density at radius 2 is 1.57 bits per heavy atom. The molecule has 1 fully saturated rings. The van der Waals surface area contributed by atoms with Crippen molar-refractivity contribution in [1.29, 1.82) is 0 Å². The molecule has 0 N–H and O–H groups in total. The lowest BCUT2D eigenvalue weighted by Gasteiger charge is -2.33. The Balaban J connectivity index is 2.21. The number of hydrogen-bond acceptors (Lipinski definition) is 3. The van der Waals surface area contributed by atoms with E-state index in [4.69, 9.17) is 9.31 Å². The lowest BCUT2D eigenvalue weighted by molar-refractivity contribution is -0.136. The highest BCUT2D eigenvalue weighted by Gasteiger charge is 2.54. The molecular weight excluding hydrogens is 289 g/mol. The van der Waals surface area contributed by atoms with E-state index in [2.05, 4.69) is 27.7 Å². The van der Waals surface area contributed by atoms with Gasteiger partial charge < -0.3 is 14.2 Å². The van der Waals surface area contributed by atoms with Crippen LogP contribution in [-0.4, -0.2) is 41.2 Å². The van der Waals surface area contributed by atoms with Gasteiger partial charge in [-0.25, -0.2) is 0 Å². The van der Waals surface area contributed by atoms with E-state index in [9.17, 15) is 4.79 Å². The molecule has 1 aliphatic carbocycles. The van der Waals surface area contributed by atoms with Crippen LogP contribution < -0.4 is 0 Å². The van der Waals surface area contributed by atoms with Crippen LogP contribution in [0.1, 0.15) is 55.4 Å². The van der Waals surface area contributed by atoms with Crippen LogP contribution in [0.2, 0.25) is 0 Å². The Morgan fingerprint density at radius 3 is 2.00 bits per heavy atom. The Bertz CT molecular complexity index is 510. The van der Waals surface area contributed by atoms with Crippen molar-refractivity contribution < 1.29 is 14.1 Å². The van der Waals surface area contributed by atoms with Crippen LogP contribution >= 0.6 is 0 Å². The van der Waals surface area contributed by atoms with Gasteiger partial charge >= 0.3 is 7.12 Å². The SMILES string of the molecule is CC(C)N(C(=O)C1C=CC=C1B1OC(C)(C)C(C)(C)O1)C(C)C. The molecule has 128 valence electrons. The molecule has 4 nitrogen and oxygen atoms in total. The zero-order chi connectivity index (χ0) is 17.6. The molecule has 5 heteroatoms. The number of allylic oxidation sites excluding steroid dienone is 2. The van der Waals surface area contributed by atoms with Crippen LogP contribution in [0, 0.1) is 5.92 Å². The maximum atomic E-state index is 13.0. The number of amides is 1. The first kappa shape index (κ1) is 18.3. The van der Waals surface area contributed by atoms with E-state index in [-0.39, 0.29) is 23.9 Å². The fourth-order valence-corrected chi connectivity index (χ4v) is 3.19. The smallest absolute Gasteiger partial charge is 0.400 e. The van der Waals surface area contributed by atoms with Gasteiger partial charge in [-0.3, -0.25) is 4.79 Å². The molecule has 0 aromatic heterocycles. The van der Waals surface area contributed by atoms with Gasteiger partial charge in [0.05, 0.1) is 17.1 Å². The number of nitrogens with zero attached hydrogens (tertiary/aromatic N) is 1.